The van der Waals surface area contributed by atoms with Crippen LogP contribution in [0.25, 0.3) is 0 Å². The predicted molar refractivity (Wildman–Crippen MR) is 60.6 cm³/mol. The summed E-state index contributed by atoms with van der Waals surface area (Å²) < 4.78 is 52.8. The number of pyridine rings is 1. The van der Waals surface area contributed by atoms with E-state index >= 15 is 0 Å². The number of nitrogens with zero attached hydrogens (tertiary/aromatic N) is 2. The Bertz CT molecular complexity index is 547. The minimum absolute atomic E-state index is 0.109. The SMILES string of the molecule is NNc1ccc([C@@H](n2ccc(F)c2)C(F)(F)F)cn1. The van der Waals surface area contributed by atoms with E-state index in [1.807, 2.05) is 0 Å². The van der Waals surface area contributed by atoms with E-state index in [4.69, 9.17) is 5.84 Å². The molecule has 4 nitrogen and oxygen atoms in total. The van der Waals surface area contributed by atoms with Gasteiger partial charge in [0.1, 0.15) is 11.6 Å². The third-order valence-electron chi connectivity index (χ3n) is 2.54. The lowest BCUT2D eigenvalue weighted by molar-refractivity contribution is -0.156. The van der Waals surface area contributed by atoms with Crippen LogP contribution < -0.4 is 11.3 Å². The lowest BCUT2D eigenvalue weighted by Gasteiger charge is -2.22. The third kappa shape index (κ3) is 2.84. The van der Waals surface area contributed by atoms with Gasteiger partial charge in [0, 0.05) is 24.2 Å². The number of nitrogens with one attached hydrogen (secondary N) is 1. The van der Waals surface area contributed by atoms with E-state index in [0.29, 0.717) is 0 Å². The summed E-state index contributed by atoms with van der Waals surface area (Å²) in [5, 5.41) is 0. The zero-order chi connectivity index (χ0) is 14.0. The van der Waals surface area contributed by atoms with Gasteiger partial charge in [0.25, 0.3) is 0 Å². The molecule has 0 saturated heterocycles. The summed E-state index contributed by atoms with van der Waals surface area (Å²) in [7, 11) is 0. The third-order valence-corrected chi connectivity index (χ3v) is 2.54. The number of hydrazine groups is 1. The molecule has 102 valence electrons. The summed E-state index contributed by atoms with van der Waals surface area (Å²) in [6, 6.07) is 1.52. The summed E-state index contributed by atoms with van der Waals surface area (Å²) in [4.78, 5) is 3.72. The predicted octanol–water partition coefficient (Wildman–Crippen LogP) is 2.46. The fourth-order valence-electron chi connectivity index (χ4n) is 1.73. The number of hydrogen-bond donors (Lipinski definition) is 2. The second-order valence-corrected chi connectivity index (χ2v) is 3.84. The number of anilines is 1. The van der Waals surface area contributed by atoms with Crippen molar-refractivity contribution in [2.75, 3.05) is 5.43 Å². The summed E-state index contributed by atoms with van der Waals surface area (Å²) in [5.41, 5.74) is 2.11. The molecule has 0 amide bonds. The first kappa shape index (κ1) is 13.3. The molecule has 0 bridgehead atoms. The number of aromatic nitrogens is 2. The molecule has 0 spiro atoms. The molecule has 2 heterocycles. The molecule has 0 radical (unpaired) electrons. The number of rotatable bonds is 3. The van der Waals surface area contributed by atoms with Crippen LogP contribution in [0.3, 0.4) is 0 Å². The van der Waals surface area contributed by atoms with Gasteiger partial charge in [-0.2, -0.15) is 13.2 Å². The van der Waals surface area contributed by atoms with E-state index in [1.165, 1.54) is 12.1 Å². The Morgan fingerprint density at radius 3 is 2.42 bits per heavy atom. The summed E-state index contributed by atoms with van der Waals surface area (Å²) in [6.07, 6.45) is -1.70. The van der Waals surface area contributed by atoms with E-state index in [0.717, 1.165) is 29.2 Å². The van der Waals surface area contributed by atoms with Crippen molar-refractivity contribution in [3.05, 3.63) is 48.2 Å². The molecule has 0 aliphatic heterocycles. The lowest BCUT2D eigenvalue weighted by Crippen LogP contribution is -2.27. The summed E-state index contributed by atoms with van der Waals surface area (Å²) in [6.45, 7) is 0. The molecule has 0 aromatic carbocycles. The highest BCUT2D eigenvalue weighted by molar-refractivity contribution is 5.35. The molecule has 3 N–H and O–H groups in total. The first-order valence-corrected chi connectivity index (χ1v) is 5.24. The Hall–Kier alpha value is -2.09. The fourth-order valence-corrected chi connectivity index (χ4v) is 1.73. The van der Waals surface area contributed by atoms with Crippen molar-refractivity contribution in [1.29, 1.82) is 0 Å². The average molecular weight is 274 g/mol. The van der Waals surface area contributed by atoms with Crippen molar-refractivity contribution in [1.82, 2.24) is 9.55 Å². The van der Waals surface area contributed by atoms with Crippen molar-refractivity contribution in [3.8, 4) is 0 Å². The van der Waals surface area contributed by atoms with Crippen molar-refractivity contribution in [3.63, 3.8) is 0 Å². The Labute approximate surface area is 105 Å². The van der Waals surface area contributed by atoms with Gasteiger partial charge in [-0.05, 0) is 12.1 Å². The monoisotopic (exact) mass is 274 g/mol. The highest BCUT2D eigenvalue weighted by Gasteiger charge is 2.42. The van der Waals surface area contributed by atoms with Gasteiger partial charge in [0.2, 0.25) is 0 Å². The van der Waals surface area contributed by atoms with E-state index < -0.39 is 18.0 Å². The van der Waals surface area contributed by atoms with Crippen LogP contribution in [0, 0.1) is 5.82 Å². The highest BCUT2D eigenvalue weighted by Crippen LogP contribution is 2.36. The van der Waals surface area contributed by atoms with E-state index in [-0.39, 0.29) is 11.4 Å². The molecular weight excluding hydrogens is 264 g/mol. The van der Waals surface area contributed by atoms with Gasteiger partial charge in [-0.1, -0.05) is 6.07 Å². The largest absolute Gasteiger partial charge is 0.413 e. The molecule has 19 heavy (non-hydrogen) atoms. The van der Waals surface area contributed by atoms with Crippen molar-refractivity contribution in [2.45, 2.75) is 12.2 Å². The van der Waals surface area contributed by atoms with E-state index in [1.54, 1.807) is 0 Å². The number of hydrogen-bond acceptors (Lipinski definition) is 3. The molecule has 0 aliphatic rings. The van der Waals surface area contributed by atoms with Crippen LogP contribution in [0.1, 0.15) is 11.6 Å². The molecular formula is C11H10F4N4. The van der Waals surface area contributed by atoms with Crippen LogP contribution in [0.2, 0.25) is 0 Å². The van der Waals surface area contributed by atoms with Crippen LogP contribution in [-0.2, 0) is 0 Å². The van der Waals surface area contributed by atoms with Crippen molar-refractivity contribution in [2.24, 2.45) is 5.84 Å². The Kier molecular flexibility index (Phi) is 3.43. The minimum atomic E-state index is -4.56. The van der Waals surface area contributed by atoms with Gasteiger partial charge in [-0.25, -0.2) is 15.2 Å². The maximum Gasteiger partial charge on any atom is 0.413 e. The van der Waals surface area contributed by atoms with Gasteiger partial charge >= 0.3 is 6.18 Å². The lowest BCUT2D eigenvalue weighted by atomic mass is 10.1. The second kappa shape index (κ2) is 4.88. The fraction of sp³-hybridized carbons (Fsp3) is 0.182. The maximum atomic E-state index is 13.1. The second-order valence-electron chi connectivity index (χ2n) is 3.84. The minimum Gasteiger partial charge on any atom is -0.335 e. The van der Waals surface area contributed by atoms with Gasteiger partial charge in [0.15, 0.2) is 6.04 Å². The molecule has 1 atom stereocenters. The van der Waals surface area contributed by atoms with Crippen LogP contribution in [0.15, 0.2) is 36.8 Å². The molecule has 0 unspecified atom stereocenters. The summed E-state index contributed by atoms with van der Waals surface area (Å²) in [5.74, 6) is 4.59. The van der Waals surface area contributed by atoms with E-state index in [9.17, 15) is 17.6 Å². The Balaban J connectivity index is 2.43. The van der Waals surface area contributed by atoms with Crippen molar-refractivity contribution < 1.29 is 17.6 Å². The number of alkyl halides is 3. The standard InChI is InChI=1S/C11H10F4N4/c12-8-3-4-19(6-8)10(11(13,14)15)7-1-2-9(18-16)17-5-7/h1-6,10H,16H2,(H,17,18)/t10-/m1/s1. The normalized spacial score (nSPS) is 13.3. The molecule has 2 aromatic heterocycles. The summed E-state index contributed by atoms with van der Waals surface area (Å²) >= 11 is 0. The number of nitrogens with two attached hydrogens (primary N) is 1. The first-order valence-electron chi connectivity index (χ1n) is 5.24. The molecule has 0 aliphatic carbocycles. The van der Waals surface area contributed by atoms with Gasteiger partial charge in [-0.15, -0.1) is 0 Å². The first-order chi connectivity index (χ1) is 8.91. The molecule has 8 heteroatoms. The number of halogens is 4. The smallest absolute Gasteiger partial charge is 0.335 e. The van der Waals surface area contributed by atoms with Crippen LogP contribution in [-0.4, -0.2) is 15.7 Å². The van der Waals surface area contributed by atoms with Gasteiger partial charge in [0.05, 0.1) is 0 Å². The molecule has 2 aromatic rings. The average Bonchev–Trinajstić information content (AvgIpc) is 2.75. The highest BCUT2D eigenvalue weighted by atomic mass is 19.4. The maximum absolute atomic E-state index is 13.1. The quantitative estimate of drug-likeness (QED) is 0.513. The Morgan fingerprint density at radius 2 is 2.00 bits per heavy atom. The molecule has 2 rings (SSSR count). The van der Waals surface area contributed by atoms with Crippen LogP contribution >= 0.6 is 0 Å². The molecule has 0 saturated carbocycles. The Morgan fingerprint density at radius 1 is 1.26 bits per heavy atom. The van der Waals surface area contributed by atoms with Crippen LogP contribution in [0.4, 0.5) is 23.4 Å². The number of nitrogen functional groups attached to an aromatic ring is 1. The van der Waals surface area contributed by atoms with E-state index in [2.05, 4.69) is 10.4 Å². The topological polar surface area (TPSA) is 55.9 Å². The van der Waals surface area contributed by atoms with Gasteiger partial charge in [-0.3, -0.25) is 0 Å². The zero-order valence-corrected chi connectivity index (χ0v) is 9.53. The van der Waals surface area contributed by atoms with Crippen LogP contribution in [0.5, 0.6) is 0 Å². The zero-order valence-electron chi connectivity index (χ0n) is 9.53. The molecule has 0 fully saturated rings. The van der Waals surface area contributed by atoms with Gasteiger partial charge < -0.3 is 9.99 Å². The van der Waals surface area contributed by atoms with Crippen molar-refractivity contribution >= 4 is 5.82 Å².